The largest absolute Gasteiger partial charge is 0.493 e. The Morgan fingerprint density at radius 1 is 1.17 bits per heavy atom. The molecule has 2 aromatic carbocycles. The maximum atomic E-state index is 6.03. The van der Waals surface area contributed by atoms with E-state index in [-0.39, 0.29) is 6.04 Å². The molecule has 0 bridgehead atoms. The molecule has 0 aliphatic carbocycles. The Hall–Kier alpha value is -2.05. The van der Waals surface area contributed by atoms with Gasteiger partial charge in [-0.1, -0.05) is 41.1 Å². The average molecular weight is 458 g/mol. The number of hydrazone groups is 1. The number of ether oxygens (including phenoxy) is 2. The first-order valence-corrected chi connectivity index (χ1v) is 11.1. The van der Waals surface area contributed by atoms with Crippen molar-refractivity contribution in [2.45, 2.75) is 32.4 Å². The van der Waals surface area contributed by atoms with E-state index in [0.29, 0.717) is 12.5 Å². The third kappa shape index (κ3) is 4.59. The lowest BCUT2D eigenvalue weighted by Gasteiger charge is -2.33. The molecule has 0 spiro atoms. The third-order valence-electron chi connectivity index (χ3n) is 5.71. The first-order chi connectivity index (χ1) is 14.2. The lowest BCUT2D eigenvalue weighted by molar-refractivity contribution is 0.228. The Bertz CT molecular complexity index is 869. The van der Waals surface area contributed by atoms with Crippen LogP contribution in [-0.4, -0.2) is 37.4 Å². The quantitative estimate of drug-likeness (QED) is 0.650. The van der Waals surface area contributed by atoms with Crippen molar-refractivity contribution >= 4 is 21.6 Å². The summed E-state index contributed by atoms with van der Waals surface area (Å²) in [7, 11) is 1.69. The van der Waals surface area contributed by atoms with Gasteiger partial charge in [0.1, 0.15) is 6.61 Å². The van der Waals surface area contributed by atoms with E-state index in [1.54, 1.807) is 7.11 Å². The first-order valence-electron chi connectivity index (χ1n) is 10.3. The zero-order valence-corrected chi connectivity index (χ0v) is 18.6. The van der Waals surface area contributed by atoms with Crippen LogP contribution in [0.2, 0.25) is 0 Å². The van der Waals surface area contributed by atoms with E-state index in [1.807, 2.05) is 18.2 Å². The summed E-state index contributed by atoms with van der Waals surface area (Å²) >= 11 is 3.46. The summed E-state index contributed by atoms with van der Waals surface area (Å²) in [6.07, 6.45) is 2.25. The molecule has 2 aromatic rings. The fraction of sp³-hybridized carbons (Fsp3) is 0.435. The van der Waals surface area contributed by atoms with Gasteiger partial charge in [0.15, 0.2) is 11.5 Å². The van der Waals surface area contributed by atoms with Crippen molar-refractivity contribution in [2.75, 3.05) is 26.7 Å². The van der Waals surface area contributed by atoms with Crippen molar-refractivity contribution in [3.05, 3.63) is 58.1 Å². The van der Waals surface area contributed by atoms with Crippen LogP contribution in [0.25, 0.3) is 0 Å². The van der Waals surface area contributed by atoms with Gasteiger partial charge in [-0.15, -0.1) is 0 Å². The minimum absolute atomic E-state index is 0.194. The predicted octanol–water partition coefficient (Wildman–Crippen LogP) is 4.77. The Labute approximate surface area is 181 Å². The second kappa shape index (κ2) is 9.18. The van der Waals surface area contributed by atoms with Crippen molar-refractivity contribution in [3.8, 4) is 11.5 Å². The summed E-state index contributed by atoms with van der Waals surface area (Å²) < 4.78 is 12.7. The van der Waals surface area contributed by atoms with Gasteiger partial charge in [0.2, 0.25) is 0 Å². The molecule has 0 aromatic heterocycles. The number of benzene rings is 2. The molecule has 0 radical (unpaired) electrons. The number of piperidine rings is 1. The van der Waals surface area contributed by atoms with E-state index in [2.05, 4.69) is 62.5 Å². The second-order valence-corrected chi connectivity index (χ2v) is 8.61. The fourth-order valence-electron chi connectivity index (χ4n) is 4.18. The smallest absolute Gasteiger partial charge is 0.161 e. The summed E-state index contributed by atoms with van der Waals surface area (Å²) in [5.41, 5.74) is 6.99. The highest BCUT2D eigenvalue weighted by molar-refractivity contribution is 9.10. The Kier molecular flexibility index (Phi) is 6.40. The van der Waals surface area contributed by atoms with Crippen molar-refractivity contribution < 1.29 is 9.47 Å². The third-order valence-corrected chi connectivity index (χ3v) is 6.24. The molecule has 2 unspecified atom stereocenters. The zero-order chi connectivity index (χ0) is 20.2. The number of likely N-dealkylation sites (tertiary alicyclic amines) is 1. The molecule has 0 saturated carbocycles. The van der Waals surface area contributed by atoms with Crippen LogP contribution in [0, 0.1) is 5.92 Å². The molecule has 2 heterocycles. The summed E-state index contributed by atoms with van der Waals surface area (Å²) in [5.74, 6) is 1.94. The molecule has 2 atom stereocenters. The number of nitrogens with zero attached hydrogens (tertiary/aromatic N) is 2. The highest BCUT2D eigenvalue weighted by Gasteiger charge is 2.37. The first kappa shape index (κ1) is 20.2. The predicted molar refractivity (Wildman–Crippen MR) is 120 cm³/mol. The van der Waals surface area contributed by atoms with Gasteiger partial charge in [0, 0.05) is 35.6 Å². The standard InChI is InChI=1S/C23H28BrN3O2/c1-3-11-27-12-10-20-19(14-27)23(26-25-20)17-6-9-21(22(13-17)28-2)29-15-16-4-7-18(24)8-5-16/h4-9,13,19,23,26H,3,10-12,14-15H2,1-2H3. The molecular weight excluding hydrogens is 430 g/mol. The summed E-state index contributed by atoms with van der Waals surface area (Å²) in [5, 5.41) is 4.64. The number of rotatable bonds is 7. The van der Waals surface area contributed by atoms with E-state index in [9.17, 15) is 0 Å². The number of halogens is 1. The molecule has 2 aliphatic heterocycles. The van der Waals surface area contributed by atoms with Gasteiger partial charge in [-0.05, 0) is 48.4 Å². The van der Waals surface area contributed by atoms with Crippen LogP contribution >= 0.6 is 15.9 Å². The maximum Gasteiger partial charge on any atom is 0.161 e. The lowest BCUT2D eigenvalue weighted by atomic mass is 9.86. The molecule has 1 fully saturated rings. The normalized spacial score (nSPS) is 21.3. The molecule has 2 aliphatic rings. The summed E-state index contributed by atoms with van der Waals surface area (Å²) in [6.45, 7) is 6.08. The van der Waals surface area contributed by atoms with Crippen LogP contribution in [0.15, 0.2) is 52.0 Å². The molecule has 154 valence electrons. The molecule has 6 heteroatoms. The number of fused-ring (bicyclic) bond motifs is 1. The minimum atomic E-state index is 0.194. The van der Waals surface area contributed by atoms with Crippen molar-refractivity contribution in [1.82, 2.24) is 10.3 Å². The van der Waals surface area contributed by atoms with Gasteiger partial charge in [-0.3, -0.25) is 0 Å². The van der Waals surface area contributed by atoms with E-state index in [1.165, 1.54) is 17.7 Å². The van der Waals surface area contributed by atoms with Crippen molar-refractivity contribution in [1.29, 1.82) is 0 Å². The van der Waals surface area contributed by atoms with Crippen LogP contribution in [0.4, 0.5) is 0 Å². The van der Waals surface area contributed by atoms with Crippen LogP contribution in [0.1, 0.15) is 36.9 Å². The molecule has 1 saturated heterocycles. The number of methoxy groups -OCH3 is 1. The van der Waals surface area contributed by atoms with Gasteiger partial charge in [0.25, 0.3) is 0 Å². The molecule has 1 N–H and O–H groups in total. The molecular formula is C23H28BrN3O2. The van der Waals surface area contributed by atoms with Crippen LogP contribution in [0.3, 0.4) is 0 Å². The van der Waals surface area contributed by atoms with E-state index < -0.39 is 0 Å². The molecule has 5 nitrogen and oxygen atoms in total. The van der Waals surface area contributed by atoms with Crippen LogP contribution in [-0.2, 0) is 6.61 Å². The Balaban J connectivity index is 1.47. The molecule has 4 rings (SSSR count). The van der Waals surface area contributed by atoms with Crippen LogP contribution < -0.4 is 14.9 Å². The Morgan fingerprint density at radius 3 is 2.76 bits per heavy atom. The van der Waals surface area contributed by atoms with E-state index in [0.717, 1.165) is 47.6 Å². The zero-order valence-electron chi connectivity index (χ0n) is 17.0. The second-order valence-electron chi connectivity index (χ2n) is 7.69. The van der Waals surface area contributed by atoms with E-state index in [4.69, 9.17) is 9.47 Å². The van der Waals surface area contributed by atoms with Crippen molar-refractivity contribution in [3.63, 3.8) is 0 Å². The van der Waals surface area contributed by atoms with Crippen LogP contribution in [0.5, 0.6) is 11.5 Å². The summed E-state index contributed by atoms with van der Waals surface area (Å²) in [6, 6.07) is 14.6. The van der Waals surface area contributed by atoms with Gasteiger partial charge in [-0.25, -0.2) is 0 Å². The fourth-order valence-corrected chi connectivity index (χ4v) is 4.44. The SMILES string of the molecule is CCCN1CCC2=NNC(c3ccc(OCc4ccc(Br)cc4)c(OC)c3)C2C1. The summed E-state index contributed by atoms with van der Waals surface area (Å²) in [4.78, 5) is 2.55. The minimum Gasteiger partial charge on any atom is -0.493 e. The van der Waals surface area contributed by atoms with Crippen molar-refractivity contribution in [2.24, 2.45) is 11.0 Å². The highest BCUT2D eigenvalue weighted by atomic mass is 79.9. The molecule has 0 amide bonds. The Morgan fingerprint density at radius 2 is 2.00 bits per heavy atom. The van der Waals surface area contributed by atoms with Gasteiger partial charge < -0.3 is 19.8 Å². The van der Waals surface area contributed by atoms with Gasteiger partial charge in [0.05, 0.1) is 13.2 Å². The highest BCUT2D eigenvalue weighted by Crippen LogP contribution is 2.37. The number of hydrogen-bond acceptors (Lipinski definition) is 5. The average Bonchev–Trinajstić information content (AvgIpc) is 3.17. The topological polar surface area (TPSA) is 46.1 Å². The maximum absolute atomic E-state index is 6.03. The lowest BCUT2D eigenvalue weighted by Crippen LogP contribution is -2.42. The number of hydrogen-bond donors (Lipinski definition) is 1. The van der Waals surface area contributed by atoms with Gasteiger partial charge >= 0.3 is 0 Å². The number of nitrogens with one attached hydrogen (secondary N) is 1. The monoisotopic (exact) mass is 457 g/mol. The van der Waals surface area contributed by atoms with Gasteiger partial charge in [-0.2, -0.15) is 5.10 Å². The van der Waals surface area contributed by atoms with E-state index >= 15 is 0 Å². The molecule has 29 heavy (non-hydrogen) atoms.